The number of esters is 3. The van der Waals surface area contributed by atoms with Gasteiger partial charge in [0.2, 0.25) is 0 Å². The fourth-order valence-corrected chi connectivity index (χ4v) is 7.90. The second-order valence-corrected chi connectivity index (χ2v) is 11.0. The lowest BCUT2D eigenvalue weighted by Gasteiger charge is -2.65. The minimum atomic E-state index is -1.53. The first-order valence-corrected chi connectivity index (χ1v) is 12.5. The number of ketones is 1. The summed E-state index contributed by atoms with van der Waals surface area (Å²) < 4.78 is 16.6. The number of hydrogen-bond acceptors (Lipinski definition) is 9. The molecule has 0 heterocycles. The van der Waals surface area contributed by atoms with Crippen molar-refractivity contribution in [3.63, 3.8) is 0 Å². The average molecular weight is 493 g/mol. The van der Waals surface area contributed by atoms with Crippen LogP contribution in [0.5, 0.6) is 0 Å². The van der Waals surface area contributed by atoms with Gasteiger partial charge < -0.3 is 24.4 Å². The van der Waals surface area contributed by atoms with Gasteiger partial charge in [-0.05, 0) is 51.0 Å². The second kappa shape index (κ2) is 8.69. The average Bonchev–Trinajstić information content (AvgIpc) is 3.02. The molecule has 3 saturated carbocycles. The maximum Gasteiger partial charge on any atom is 0.309 e. The zero-order valence-electron chi connectivity index (χ0n) is 20.9. The molecular formula is C26H36O9. The van der Waals surface area contributed by atoms with E-state index >= 15 is 0 Å². The predicted octanol–water partition coefficient (Wildman–Crippen LogP) is 1.87. The molecule has 0 saturated heterocycles. The van der Waals surface area contributed by atoms with Crippen LogP contribution in [0, 0.1) is 28.6 Å². The van der Waals surface area contributed by atoms with Gasteiger partial charge in [-0.1, -0.05) is 13.0 Å². The molecule has 4 aliphatic rings. The Bertz CT molecular complexity index is 958. The van der Waals surface area contributed by atoms with Crippen LogP contribution in [0.15, 0.2) is 12.2 Å². The molecule has 8 unspecified atom stereocenters. The summed E-state index contributed by atoms with van der Waals surface area (Å²) >= 11 is 0. The normalized spacial score (nSPS) is 44.0. The summed E-state index contributed by atoms with van der Waals surface area (Å²) in [7, 11) is 0. The Labute approximate surface area is 205 Å². The van der Waals surface area contributed by atoms with Crippen LogP contribution in [0.1, 0.15) is 66.2 Å². The SMILES string of the molecule is CCOC(=O)C1CCC2(O)C3CCC4(O)CC(=O)C=CC4(COC(C)=O)C3C(OC(C)=O)CC12C. The largest absolute Gasteiger partial charge is 0.466 e. The number of carbonyl (C=O) groups excluding carboxylic acids is 4. The maximum atomic E-state index is 12.9. The van der Waals surface area contributed by atoms with Gasteiger partial charge in [-0.15, -0.1) is 0 Å². The van der Waals surface area contributed by atoms with Crippen molar-refractivity contribution >= 4 is 23.7 Å². The molecule has 8 atom stereocenters. The Morgan fingerprint density at radius 3 is 2.43 bits per heavy atom. The molecule has 2 N–H and O–H groups in total. The molecule has 0 spiro atoms. The predicted molar refractivity (Wildman–Crippen MR) is 122 cm³/mol. The highest BCUT2D eigenvalue weighted by Gasteiger charge is 2.74. The van der Waals surface area contributed by atoms with Crippen molar-refractivity contribution in [2.24, 2.45) is 28.6 Å². The van der Waals surface area contributed by atoms with Gasteiger partial charge in [-0.25, -0.2) is 0 Å². The van der Waals surface area contributed by atoms with Crippen LogP contribution < -0.4 is 0 Å². The molecule has 9 heteroatoms. The van der Waals surface area contributed by atoms with E-state index < -0.39 is 57.8 Å². The number of fused-ring (bicyclic) bond motifs is 5. The first-order valence-electron chi connectivity index (χ1n) is 12.5. The monoisotopic (exact) mass is 492 g/mol. The van der Waals surface area contributed by atoms with Crippen LogP contribution in [0.3, 0.4) is 0 Å². The summed E-state index contributed by atoms with van der Waals surface area (Å²) in [5, 5.41) is 24.1. The number of allylic oxidation sites excluding steroid dienone is 1. The third kappa shape index (κ3) is 3.73. The van der Waals surface area contributed by atoms with Crippen molar-refractivity contribution in [1.82, 2.24) is 0 Å². The topological polar surface area (TPSA) is 136 Å². The van der Waals surface area contributed by atoms with Crippen molar-refractivity contribution in [3.8, 4) is 0 Å². The third-order valence-corrected chi connectivity index (χ3v) is 9.41. The lowest BCUT2D eigenvalue weighted by molar-refractivity contribution is -0.270. The number of ether oxygens (including phenoxy) is 3. The van der Waals surface area contributed by atoms with Crippen LogP contribution in [0.25, 0.3) is 0 Å². The molecule has 4 aliphatic carbocycles. The van der Waals surface area contributed by atoms with Gasteiger partial charge in [0.15, 0.2) is 5.78 Å². The van der Waals surface area contributed by atoms with Gasteiger partial charge in [-0.2, -0.15) is 0 Å². The van der Waals surface area contributed by atoms with Crippen LogP contribution in [-0.4, -0.2) is 64.4 Å². The molecule has 0 radical (unpaired) electrons. The highest BCUT2D eigenvalue weighted by Crippen LogP contribution is 2.69. The third-order valence-electron chi connectivity index (χ3n) is 9.41. The molecule has 0 aromatic heterocycles. The van der Waals surface area contributed by atoms with Crippen molar-refractivity contribution in [3.05, 3.63) is 12.2 Å². The Morgan fingerprint density at radius 1 is 1.09 bits per heavy atom. The van der Waals surface area contributed by atoms with Crippen molar-refractivity contribution in [2.75, 3.05) is 13.2 Å². The van der Waals surface area contributed by atoms with Crippen LogP contribution in [0.2, 0.25) is 0 Å². The first-order chi connectivity index (χ1) is 16.3. The molecule has 0 bridgehead atoms. The van der Waals surface area contributed by atoms with Gasteiger partial charge in [0.25, 0.3) is 0 Å². The summed E-state index contributed by atoms with van der Waals surface area (Å²) in [4.78, 5) is 49.4. The van der Waals surface area contributed by atoms with Gasteiger partial charge in [0, 0.05) is 31.6 Å². The van der Waals surface area contributed by atoms with Crippen molar-refractivity contribution < 1.29 is 43.6 Å². The number of carbonyl (C=O) groups is 4. The zero-order chi connectivity index (χ0) is 25.8. The van der Waals surface area contributed by atoms with Crippen LogP contribution in [-0.2, 0) is 33.4 Å². The van der Waals surface area contributed by atoms with E-state index in [9.17, 15) is 29.4 Å². The zero-order valence-corrected chi connectivity index (χ0v) is 20.9. The second-order valence-electron chi connectivity index (χ2n) is 11.0. The lowest BCUT2D eigenvalue weighted by atomic mass is 9.42. The van der Waals surface area contributed by atoms with E-state index in [1.165, 1.54) is 19.9 Å². The number of rotatable bonds is 5. The summed E-state index contributed by atoms with van der Waals surface area (Å²) in [5.41, 5.74) is -5.00. The van der Waals surface area contributed by atoms with Crippen molar-refractivity contribution in [2.45, 2.75) is 83.5 Å². The fourth-order valence-electron chi connectivity index (χ4n) is 7.90. The van der Waals surface area contributed by atoms with E-state index in [1.807, 2.05) is 6.92 Å². The molecule has 3 fully saturated rings. The molecule has 0 aromatic rings. The Balaban J connectivity index is 1.86. The van der Waals surface area contributed by atoms with E-state index in [1.54, 1.807) is 13.0 Å². The minimum absolute atomic E-state index is 0.151. The number of aliphatic hydroxyl groups is 2. The van der Waals surface area contributed by atoms with Gasteiger partial charge in [0.1, 0.15) is 12.7 Å². The molecule has 35 heavy (non-hydrogen) atoms. The molecule has 4 rings (SSSR count). The molecule has 0 amide bonds. The first kappa shape index (κ1) is 25.8. The molecule has 194 valence electrons. The van der Waals surface area contributed by atoms with Crippen LogP contribution in [0.4, 0.5) is 0 Å². The highest BCUT2D eigenvalue weighted by molar-refractivity contribution is 5.92. The summed E-state index contributed by atoms with van der Waals surface area (Å²) in [6.07, 6.45) is 3.57. The lowest BCUT2D eigenvalue weighted by Crippen LogP contribution is -2.72. The number of hydrogen-bond donors (Lipinski definition) is 2. The maximum absolute atomic E-state index is 12.9. The highest BCUT2D eigenvalue weighted by atomic mass is 16.5. The Morgan fingerprint density at radius 2 is 1.80 bits per heavy atom. The fraction of sp³-hybridized carbons (Fsp3) is 0.769. The Kier molecular flexibility index (Phi) is 6.41. The van der Waals surface area contributed by atoms with E-state index in [4.69, 9.17) is 14.2 Å². The summed E-state index contributed by atoms with van der Waals surface area (Å²) in [5.74, 6) is -3.36. The summed E-state index contributed by atoms with van der Waals surface area (Å²) in [6.45, 7) is 6.16. The quantitative estimate of drug-likeness (QED) is 0.435. The molecule has 0 aromatic carbocycles. The van der Waals surface area contributed by atoms with E-state index in [0.29, 0.717) is 19.3 Å². The van der Waals surface area contributed by atoms with E-state index in [0.717, 1.165) is 0 Å². The van der Waals surface area contributed by atoms with Crippen molar-refractivity contribution in [1.29, 1.82) is 0 Å². The molecular weight excluding hydrogens is 456 g/mol. The standard InChI is InChI=1S/C26H36O9/c1-5-33-22(30)19-8-11-26(32)18-7-10-25(31)12-17(29)6-9-24(25,14-34-15(2)27)21(18)20(35-16(3)28)13-23(19,26)4/h6,9,18-21,31-32H,5,7-8,10-14H2,1-4H3. The minimum Gasteiger partial charge on any atom is -0.466 e. The van der Waals surface area contributed by atoms with Gasteiger partial charge in [0.05, 0.1) is 29.1 Å². The molecule has 9 nitrogen and oxygen atoms in total. The van der Waals surface area contributed by atoms with Gasteiger partial charge in [-0.3, -0.25) is 19.2 Å². The van der Waals surface area contributed by atoms with E-state index in [2.05, 4.69) is 0 Å². The smallest absolute Gasteiger partial charge is 0.309 e. The van der Waals surface area contributed by atoms with Crippen LogP contribution >= 0.6 is 0 Å². The molecule has 0 aliphatic heterocycles. The van der Waals surface area contributed by atoms with E-state index in [-0.39, 0.29) is 44.2 Å². The van der Waals surface area contributed by atoms with Gasteiger partial charge >= 0.3 is 17.9 Å². The Hall–Kier alpha value is -2.26. The summed E-state index contributed by atoms with van der Waals surface area (Å²) in [6, 6.07) is 0.